The Morgan fingerprint density at radius 1 is 1.08 bits per heavy atom. The number of rotatable bonds is 6. The molecule has 0 spiro atoms. The molecule has 4 nitrogen and oxygen atoms in total. The average molecular weight is 331 g/mol. The van der Waals surface area contributed by atoms with Crippen LogP contribution in [0.4, 0.5) is 0 Å². The average Bonchev–Trinajstić information content (AvgIpc) is 3.04. The SMILES string of the molecule is O=C(OCCN1CCCCC1)C(c1ccccc1)C1(O)CCCC1. The first-order valence-corrected chi connectivity index (χ1v) is 9.35. The van der Waals surface area contributed by atoms with Crippen molar-refractivity contribution in [2.75, 3.05) is 26.2 Å². The van der Waals surface area contributed by atoms with Crippen molar-refractivity contribution in [1.82, 2.24) is 4.90 Å². The molecule has 4 heteroatoms. The maximum Gasteiger partial charge on any atom is 0.316 e. The number of likely N-dealkylation sites (tertiary alicyclic amines) is 1. The molecule has 3 rings (SSSR count). The number of carbonyl (C=O) groups excluding carboxylic acids is 1. The van der Waals surface area contributed by atoms with Crippen molar-refractivity contribution in [3.63, 3.8) is 0 Å². The highest BCUT2D eigenvalue weighted by Crippen LogP contribution is 2.42. The number of ether oxygens (including phenoxy) is 1. The van der Waals surface area contributed by atoms with Crippen molar-refractivity contribution in [2.24, 2.45) is 0 Å². The standard InChI is InChI=1S/C20H29NO3/c22-19(24-16-15-21-13-7-2-8-14-21)18(17-9-3-1-4-10-17)20(23)11-5-6-12-20/h1,3-4,9-10,18,23H,2,5-8,11-16H2. The minimum Gasteiger partial charge on any atom is -0.464 e. The number of carbonyl (C=O) groups is 1. The van der Waals surface area contributed by atoms with E-state index in [9.17, 15) is 9.90 Å². The lowest BCUT2D eigenvalue weighted by Gasteiger charge is -2.32. The second-order valence-electron chi connectivity index (χ2n) is 7.22. The lowest BCUT2D eigenvalue weighted by Crippen LogP contribution is -2.40. The minimum absolute atomic E-state index is 0.275. The molecule has 1 aromatic rings. The molecule has 1 aromatic carbocycles. The molecular weight excluding hydrogens is 302 g/mol. The second-order valence-corrected chi connectivity index (χ2v) is 7.22. The lowest BCUT2D eigenvalue weighted by molar-refractivity contribution is -0.153. The summed E-state index contributed by atoms with van der Waals surface area (Å²) in [5, 5.41) is 11.0. The Bertz CT molecular complexity index is 519. The molecule has 1 atom stereocenters. The predicted molar refractivity (Wildman–Crippen MR) is 93.9 cm³/mol. The van der Waals surface area contributed by atoms with E-state index < -0.39 is 11.5 Å². The molecular formula is C20H29NO3. The number of hydrogen-bond acceptors (Lipinski definition) is 4. The third-order valence-electron chi connectivity index (χ3n) is 5.48. The van der Waals surface area contributed by atoms with Crippen LogP contribution in [0.25, 0.3) is 0 Å². The predicted octanol–water partition coefficient (Wildman–Crippen LogP) is 3.10. The molecule has 1 aliphatic heterocycles. The van der Waals surface area contributed by atoms with Crippen LogP contribution >= 0.6 is 0 Å². The molecule has 0 radical (unpaired) electrons. The van der Waals surface area contributed by atoms with Crippen LogP contribution in [0, 0.1) is 0 Å². The zero-order valence-electron chi connectivity index (χ0n) is 14.5. The van der Waals surface area contributed by atoms with Crippen LogP contribution in [0.2, 0.25) is 0 Å². The van der Waals surface area contributed by atoms with Crippen LogP contribution in [0.3, 0.4) is 0 Å². The van der Waals surface area contributed by atoms with E-state index in [1.54, 1.807) is 0 Å². The molecule has 1 aliphatic carbocycles. The summed E-state index contributed by atoms with van der Waals surface area (Å²) >= 11 is 0. The largest absolute Gasteiger partial charge is 0.464 e. The Morgan fingerprint density at radius 2 is 1.75 bits per heavy atom. The molecule has 1 saturated heterocycles. The summed E-state index contributed by atoms with van der Waals surface area (Å²) < 4.78 is 5.60. The molecule has 1 unspecified atom stereocenters. The Kier molecular flexibility index (Phi) is 5.90. The first kappa shape index (κ1) is 17.4. The molecule has 0 bridgehead atoms. The van der Waals surface area contributed by atoms with Gasteiger partial charge in [0.25, 0.3) is 0 Å². The highest BCUT2D eigenvalue weighted by molar-refractivity contribution is 5.80. The monoisotopic (exact) mass is 331 g/mol. The Hall–Kier alpha value is -1.39. The van der Waals surface area contributed by atoms with Gasteiger partial charge >= 0.3 is 5.97 Å². The maximum atomic E-state index is 12.8. The minimum atomic E-state index is -0.955. The lowest BCUT2D eigenvalue weighted by atomic mass is 9.81. The summed E-state index contributed by atoms with van der Waals surface area (Å²) in [7, 11) is 0. The third-order valence-corrected chi connectivity index (χ3v) is 5.48. The van der Waals surface area contributed by atoms with Gasteiger partial charge in [0.1, 0.15) is 12.5 Å². The third kappa shape index (κ3) is 4.17. The fraction of sp³-hybridized carbons (Fsp3) is 0.650. The van der Waals surface area contributed by atoms with Crippen LogP contribution in [0.15, 0.2) is 30.3 Å². The zero-order chi connectivity index (χ0) is 16.8. The van der Waals surface area contributed by atoms with E-state index >= 15 is 0 Å². The van der Waals surface area contributed by atoms with E-state index in [1.807, 2.05) is 30.3 Å². The summed E-state index contributed by atoms with van der Waals surface area (Å²) in [4.78, 5) is 15.1. The van der Waals surface area contributed by atoms with Gasteiger partial charge < -0.3 is 9.84 Å². The van der Waals surface area contributed by atoms with Crippen LogP contribution in [-0.4, -0.2) is 47.8 Å². The van der Waals surface area contributed by atoms with Crippen LogP contribution < -0.4 is 0 Å². The number of esters is 1. The highest BCUT2D eigenvalue weighted by atomic mass is 16.5. The van der Waals surface area contributed by atoms with Gasteiger partial charge in [-0.2, -0.15) is 0 Å². The van der Waals surface area contributed by atoms with Crippen LogP contribution in [0.1, 0.15) is 56.4 Å². The van der Waals surface area contributed by atoms with Gasteiger partial charge in [-0.25, -0.2) is 0 Å². The summed E-state index contributed by atoms with van der Waals surface area (Å²) in [6.45, 7) is 3.41. The summed E-state index contributed by atoms with van der Waals surface area (Å²) in [5.41, 5.74) is -0.0892. The fourth-order valence-electron chi connectivity index (χ4n) is 4.13. The van der Waals surface area contributed by atoms with Crippen LogP contribution in [0.5, 0.6) is 0 Å². The summed E-state index contributed by atoms with van der Waals surface area (Å²) in [6.07, 6.45) is 7.07. The van der Waals surface area contributed by atoms with Gasteiger partial charge in [0.2, 0.25) is 0 Å². The maximum absolute atomic E-state index is 12.8. The number of hydrogen-bond donors (Lipinski definition) is 1. The quantitative estimate of drug-likeness (QED) is 0.814. The summed E-state index contributed by atoms with van der Waals surface area (Å²) in [6, 6.07) is 9.62. The van der Waals surface area contributed by atoms with Crippen molar-refractivity contribution in [1.29, 1.82) is 0 Å². The highest BCUT2D eigenvalue weighted by Gasteiger charge is 2.45. The number of aliphatic hydroxyl groups is 1. The Labute approximate surface area is 144 Å². The van der Waals surface area contributed by atoms with Crippen molar-refractivity contribution < 1.29 is 14.6 Å². The van der Waals surface area contributed by atoms with E-state index in [4.69, 9.17) is 4.74 Å². The number of nitrogens with zero attached hydrogens (tertiary/aromatic N) is 1. The Morgan fingerprint density at radius 3 is 2.42 bits per heavy atom. The summed E-state index contributed by atoms with van der Waals surface area (Å²) in [5.74, 6) is -0.842. The Balaban J connectivity index is 1.63. The van der Waals surface area contributed by atoms with Crippen LogP contribution in [-0.2, 0) is 9.53 Å². The van der Waals surface area contributed by atoms with Crippen molar-refractivity contribution in [3.05, 3.63) is 35.9 Å². The van der Waals surface area contributed by atoms with E-state index in [0.29, 0.717) is 19.4 Å². The van der Waals surface area contributed by atoms with Gasteiger partial charge in [0, 0.05) is 6.54 Å². The van der Waals surface area contributed by atoms with Crippen molar-refractivity contribution in [2.45, 2.75) is 56.5 Å². The topological polar surface area (TPSA) is 49.8 Å². The molecule has 1 saturated carbocycles. The van der Waals surface area contributed by atoms with Gasteiger partial charge in [-0.3, -0.25) is 9.69 Å². The molecule has 0 aromatic heterocycles. The first-order chi connectivity index (χ1) is 11.7. The van der Waals surface area contributed by atoms with Gasteiger partial charge in [0.05, 0.1) is 5.60 Å². The number of benzene rings is 1. The van der Waals surface area contributed by atoms with E-state index in [0.717, 1.165) is 38.0 Å². The van der Waals surface area contributed by atoms with Gasteiger partial charge in [-0.05, 0) is 44.3 Å². The molecule has 2 aliphatic rings. The smallest absolute Gasteiger partial charge is 0.316 e. The molecule has 2 fully saturated rings. The molecule has 24 heavy (non-hydrogen) atoms. The van der Waals surface area contributed by atoms with Crippen molar-refractivity contribution >= 4 is 5.97 Å². The first-order valence-electron chi connectivity index (χ1n) is 9.35. The zero-order valence-corrected chi connectivity index (χ0v) is 14.5. The van der Waals surface area contributed by atoms with Gasteiger partial charge in [0.15, 0.2) is 0 Å². The molecule has 0 amide bonds. The van der Waals surface area contributed by atoms with Gasteiger partial charge in [-0.1, -0.05) is 49.6 Å². The van der Waals surface area contributed by atoms with E-state index in [1.165, 1.54) is 19.3 Å². The molecule has 1 N–H and O–H groups in total. The number of piperidine rings is 1. The molecule has 132 valence electrons. The fourth-order valence-corrected chi connectivity index (χ4v) is 4.13. The van der Waals surface area contributed by atoms with Crippen molar-refractivity contribution in [3.8, 4) is 0 Å². The van der Waals surface area contributed by atoms with E-state index in [2.05, 4.69) is 4.90 Å². The van der Waals surface area contributed by atoms with Gasteiger partial charge in [-0.15, -0.1) is 0 Å². The second kappa shape index (κ2) is 8.13. The normalized spacial score (nSPS) is 22.2. The van der Waals surface area contributed by atoms with E-state index in [-0.39, 0.29) is 5.97 Å². The molecule has 1 heterocycles.